The van der Waals surface area contributed by atoms with Gasteiger partial charge in [0.25, 0.3) is 9.76 Å². The zero-order chi connectivity index (χ0) is 8.69. The minimum atomic E-state index is 0.190. The molecule has 1 unspecified atom stereocenters. The molecular weight excluding hydrogens is 156 g/mol. The summed E-state index contributed by atoms with van der Waals surface area (Å²) in [5.41, 5.74) is 0.190. The van der Waals surface area contributed by atoms with Gasteiger partial charge in [-0.25, -0.2) is 0 Å². The average molecular weight is 172 g/mol. The van der Waals surface area contributed by atoms with E-state index in [2.05, 4.69) is 13.5 Å². The molecule has 0 rings (SSSR count). The van der Waals surface area contributed by atoms with Crippen LogP contribution in [0.1, 0.15) is 27.2 Å². The van der Waals surface area contributed by atoms with Crippen molar-refractivity contribution in [2.75, 3.05) is 0 Å². The summed E-state index contributed by atoms with van der Waals surface area (Å²) in [7, 11) is 0.417. The van der Waals surface area contributed by atoms with Gasteiger partial charge >= 0.3 is 0 Å². The van der Waals surface area contributed by atoms with Crippen molar-refractivity contribution >= 4 is 9.76 Å². The molecular formula is C8H16O2Si. The van der Waals surface area contributed by atoms with Crippen LogP contribution in [0, 0.1) is 0 Å². The van der Waals surface area contributed by atoms with Gasteiger partial charge in [0.1, 0.15) is 5.73 Å². The van der Waals surface area contributed by atoms with Gasteiger partial charge in [-0.05, 0) is 20.3 Å². The molecule has 0 aliphatic heterocycles. The average Bonchev–Trinajstić information content (AvgIpc) is 1.97. The molecule has 2 nitrogen and oxygen atoms in total. The highest BCUT2D eigenvalue weighted by Crippen LogP contribution is 1.98. The van der Waals surface area contributed by atoms with Gasteiger partial charge in [0.05, 0.1) is 6.26 Å². The molecule has 0 fully saturated rings. The Balaban J connectivity index is 3.43. The Morgan fingerprint density at radius 2 is 2.18 bits per heavy atom. The summed E-state index contributed by atoms with van der Waals surface area (Å²) in [6.07, 6.45) is 2.73. The first-order valence-corrected chi connectivity index (χ1v) is 4.86. The van der Waals surface area contributed by atoms with Crippen molar-refractivity contribution in [2.24, 2.45) is 0 Å². The first-order valence-electron chi connectivity index (χ1n) is 3.88. The zero-order valence-corrected chi connectivity index (χ0v) is 8.46. The summed E-state index contributed by atoms with van der Waals surface area (Å²) in [4.78, 5) is 0. The summed E-state index contributed by atoms with van der Waals surface area (Å²) >= 11 is 0. The van der Waals surface area contributed by atoms with Crippen molar-refractivity contribution in [3.05, 3.63) is 12.8 Å². The van der Waals surface area contributed by atoms with Crippen LogP contribution in [0.25, 0.3) is 0 Å². The van der Waals surface area contributed by atoms with Crippen LogP contribution in [0.2, 0.25) is 0 Å². The topological polar surface area (TPSA) is 18.5 Å². The Morgan fingerprint density at radius 1 is 1.55 bits per heavy atom. The molecule has 64 valence electrons. The Kier molecular flexibility index (Phi) is 6.26. The predicted molar refractivity (Wildman–Crippen MR) is 47.3 cm³/mol. The monoisotopic (exact) mass is 172 g/mol. The van der Waals surface area contributed by atoms with Crippen molar-refractivity contribution in [3.63, 3.8) is 0 Å². The molecule has 0 aromatic heterocycles. The summed E-state index contributed by atoms with van der Waals surface area (Å²) < 4.78 is 10.6. The van der Waals surface area contributed by atoms with Crippen molar-refractivity contribution < 1.29 is 9.16 Å². The van der Waals surface area contributed by atoms with Gasteiger partial charge in [-0.1, -0.05) is 13.5 Å². The lowest BCUT2D eigenvalue weighted by molar-refractivity contribution is 0.168. The van der Waals surface area contributed by atoms with E-state index in [1.807, 2.05) is 13.8 Å². The summed E-state index contributed by atoms with van der Waals surface area (Å²) in [6, 6.07) is 0. The van der Waals surface area contributed by atoms with Crippen molar-refractivity contribution in [3.8, 4) is 0 Å². The summed E-state index contributed by atoms with van der Waals surface area (Å²) in [5, 5.41) is 0. The molecule has 1 atom stereocenters. The fourth-order valence-corrected chi connectivity index (χ4v) is 1.28. The van der Waals surface area contributed by atoms with E-state index in [-0.39, 0.29) is 11.8 Å². The van der Waals surface area contributed by atoms with Crippen LogP contribution in [-0.2, 0) is 9.16 Å². The molecule has 0 bridgehead atoms. The highest BCUT2D eigenvalue weighted by atomic mass is 28.2. The van der Waals surface area contributed by atoms with Gasteiger partial charge in [0, 0.05) is 6.10 Å². The van der Waals surface area contributed by atoms with Gasteiger partial charge in [-0.3, -0.25) is 0 Å². The van der Waals surface area contributed by atoms with Crippen LogP contribution in [0.3, 0.4) is 0 Å². The number of rotatable bonds is 6. The van der Waals surface area contributed by atoms with Crippen molar-refractivity contribution in [1.82, 2.24) is 0 Å². The molecule has 0 amide bonds. The molecule has 0 heterocycles. The third-order valence-corrected chi connectivity index (χ3v) is 2.48. The van der Waals surface area contributed by atoms with Crippen LogP contribution in [0.15, 0.2) is 12.8 Å². The smallest absolute Gasteiger partial charge is 0.277 e. The molecule has 0 aromatic rings. The van der Waals surface area contributed by atoms with E-state index in [0.717, 1.165) is 6.42 Å². The Bertz CT molecular complexity index is 104. The second-order valence-corrected chi connectivity index (χ2v) is 3.60. The van der Waals surface area contributed by atoms with E-state index in [1.165, 1.54) is 6.26 Å². The third-order valence-electron chi connectivity index (χ3n) is 1.07. The van der Waals surface area contributed by atoms with Crippen LogP contribution in [-0.4, -0.2) is 21.6 Å². The maximum atomic E-state index is 5.40. The van der Waals surface area contributed by atoms with Crippen LogP contribution in [0.5, 0.6) is 0 Å². The quantitative estimate of drug-likeness (QED) is 0.450. The van der Waals surface area contributed by atoms with E-state index in [1.54, 1.807) is 0 Å². The third kappa shape index (κ3) is 6.13. The lowest BCUT2D eigenvalue weighted by Crippen LogP contribution is -2.23. The maximum absolute atomic E-state index is 5.40. The fraction of sp³-hybridized carbons (Fsp3) is 0.750. The second-order valence-electron chi connectivity index (χ2n) is 2.48. The summed E-state index contributed by atoms with van der Waals surface area (Å²) in [6.45, 7) is 9.62. The highest BCUT2D eigenvalue weighted by Gasteiger charge is 2.08. The SMILES string of the molecule is C=COC(CC)[Si]OC(C)C. The van der Waals surface area contributed by atoms with Crippen molar-refractivity contribution in [1.29, 1.82) is 0 Å². The van der Waals surface area contributed by atoms with Crippen LogP contribution >= 0.6 is 0 Å². The second kappa shape index (κ2) is 6.43. The maximum Gasteiger partial charge on any atom is 0.277 e. The molecule has 0 aromatic carbocycles. The van der Waals surface area contributed by atoms with Gasteiger partial charge in [0.2, 0.25) is 0 Å². The molecule has 0 spiro atoms. The number of hydrogen-bond donors (Lipinski definition) is 0. The first kappa shape index (κ1) is 10.7. The van der Waals surface area contributed by atoms with Gasteiger partial charge < -0.3 is 9.16 Å². The van der Waals surface area contributed by atoms with Crippen LogP contribution in [0.4, 0.5) is 0 Å². The number of hydrogen-bond acceptors (Lipinski definition) is 2. The van der Waals surface area contributed by atoms with Gasteiger partial charge in [0.15, 0.2) is 0 Å². The number of ether oxygens (including phenoxy) is 1. The molecule has 11 heavy (non-hydrogen) atoms. The Morgan fingerprint density at radius 3 is 2.55 bits per heavy atom. The molecule has 0 saturated carbocycles. The van der Waals surface area contributed by atoms with Gasteiger partial charge in [-0.2, -0.15) is 0 Å². The Labute approximate surface area is 71.5 Å². The minimum Gasteiger partial charge on any atom is -0.500 e. The molecule has 3 heteroatoms. The fourth-order valence-electron chi connectivity index (χ4n) is 0.535. The normalized spacial score (nSPS) is 13.1. The van der Waals surface area contributed by atoms with E-state index < -0.39 is 0 Å². The standard InChI is InChI=1S/C8H16O2Si/c1-5-8(9-6-2)11-10-7(3)4/h6-8H,2,5H2,1,3-4H3. The molecule has 0 aliphatic rings. The molecule has 2 radical (unpaired) electrons. The molecule has 0 N–H and O–H groups in total. The lowest BCUT2D eigenvalue weighted by Gasteiger charge is -2.14. The first-order chi connectivity index (χ1) is 5.20. The van der Waals surface area contributed by atoms with E-state index in [4.69, 9.17) is 9.16 Å². The minimum absolute atomic E-state index is 0.190. The molecule has 0 saturated heterocycles. The highest BCUT2D eigenvalue weighted by molar-refractivity contribution is 6.29. The Hall–Kier alpha value is -0.283. The van der Waals surface area contributed by atoms with Gasteiger partial charge in [-0.15, -0.1) is 0 Å². The molecule has 0 aliphatic carbocycles. The van der Waals surface area contributed by atoms with Crippen LogP contribution < -0.4 is 0 Å². The van der Waals surface area contributed by atoms with E-state index in [0.29, 0.717) is 9.76 Å². The van der Waals surface area contributed by atoms with E-state index >= 15 is 0 Å². The predicted octanol–water partition coefficient (Wildman–Crippen LogP) is 1.93. The lowest BCUT2D eigenvalue weighted by atomic mass is 10.5. The summed E-state index contributed by atoms with van der Waals surface area (Å²) in [5.74, 6) is 0. The van der Waals surface area contributed by atoms with E-state index in [9.17, 15) is 0 Å². The zero-order valence-electron chi connectivity index (χ0n) is 7.46. The largest absolute Gasteiger partial charge is 0.500 e. The van der Waals surface area contributed by atoms with Crippen molar-refractivity contribution in [2.45, 2.75) is 39.0 Å².